The summed E-state index contributed by atoms with van der Waals surface area (Å²) in [4.78, 5) is 0.910. The standard InChI is InChI=1S/C8H14N2OS/c1-2-6(5-9)8(11)7-3-4-10-12-7/h3-4,6,8,11H,2,5,9H2,1H3. The predicted octanol–water partition coefficient (Wildman–Crippen LogP) is 1.16. The summed E-state index contributed by atoms with van der Waals surface area (Å²) < 4.78 is 3.94. The molecule has 2 atom stereocenters. The van der Waals surface area contributed by atoms with Crippen LogP contribution in [0.2, 0.25) is 0 Å². The molecule has 0 saturated heterocycles. The van der Waals surface area contributed by atoms with E-state index >= 15 is 0 Å². The molecule has 2 unspecified atom stereocenters. The Hall–Kier alpha value is -0.450. The van der Waals surface area contributed by atoms with Gasteiger partial charge in [0.25, 0.3) is 0 Å². The summed E-state index contributed by atoms with van der Waals surface area (Å²) in [7, 11) is 0. The first-order valence-corrected chi connectivity index (χ1v) is 4.85. The van der Waals surface area contributed by atoms with Crippen molar-refractivity contribution >= 4 is 11.5 Å². The van der Waals surface area contributed by atoms with Gasteiger partial charge in [-0.25, -0.2) is 4.37 Å². The number of aliphatic hydroxyl groups excluding tert-OH is 1. The fourth-order valence-corrected chi connectivity index (χ4v) is 1.79. The smallest absolute Gasteiger partial charge is 0.0937 e. The third kappa shape index (κ3) is 2.03. The first kappa shape index (κ1) is 9.64. The molecule has 1 rings (SSSR count). The van der Waals surface area contributed by atoms with E-state index in [1.807, 2.05) is 13.0 Å². The fourth-order valence-electron chi connectivity index (χ4n) is 1.13. The van der Waals surface area contributed by atoms with Gasteiger partial charge in [0.15, 0.2) is 0 Å². The molecule has 0 radical (unpaired) electrons. The van der Waals surface area contributed by atoms with Crippen LogP contribution in [0, 0.1) is 5.92 Å². The van der Waals surface area contributed by atoms with Crippen LogP contribution in [-0.2, 0) is 0 Å². The normalized spacial score (nSPS) is 15.9. The zero-order valence-corrected chi connectivity index (χ0v) is 7.92. The van der Waals surface area contributed by atoms with Crippen LogP contribution in [0.5, 0.6) is 0 Å². The van der Waals surface area contributed by atoms with Crippen LogP contribution in [0.15, 0.2) is 12.3 Å². The van der Waals surface area contributed by atoms with Gasteiger partial charge in [-0.1, -0.05) is 6.92 Å². The Morgan fingerprint density at radius 1 is 1.75 bits per heavy atom. The van der Waals surface area contributed by atoms with E-state index in [1.165, 1.54) is 11.5 Å². The van der Waals surface area contributed by atoms with Crippen molar-refractivity contribution in [1.82, 2.24) is 4.37 Å². The Bertz CT molecular complexity index is 209. The highest BCUT2D eigenvalue weighted by molar-refractivity contribution is 7.05. The van der Waals surface area contributed by atoms with Gasteiger partial charge in [0.1, 0.15) is 0 Å². The zero-order chi connectivity index (χ0) is 8.97. The highest BCUT2D eigenvalue weighted by Gasteiger charge is 2.18. The molecule has 1 aromatic heterocycles. The molecule has 1 aromatic rings. The number of aromatic nitrogens is 1. The molecule has 1 heterocycles. The first-order valence-electron chi connectivity index (χ1n) is 4.08. The van der Waals surface area contributed by atoms with Crippen molar-refractivity contribution in [3.8, 4) is 0 Å². The van der Waals surface area contributed by atoms with Crippen molar-refractivity contribution < 1.29 is 5.11 Å². The van der Waals surface area contributed by atoms with E-state index in [-0.39, 0.29) is 5.92 Å². The van der Waals surface area contributed by atoms with Crippen LogP contribution >= 0.6 is 11.5 Å². The van der Waals surface area contributed by atoms with Crippen LogP contribution in [0.3, 0.4) is 0 Å². The van der Waals surface area contributed by atoms with Crippen molar-refractivity contribution in [3.63, 3.8) is 0 Å². The molecule has 4 heteroatoms. The minimum atomic E-state index is -0.438. The SMILES string of the molecule is CCC(CN)C(O)c1ccns1. The third-order valence-corrected chi connectivity index (χ3v) is 2.84. The second-order valence-electron chi connectivity index (χ2n) is 2.76. The van der Waals surface area contributed by atoms with Gasteiger partial charge in [-0.3, -0.25) is 0 Å². The maximum Gasteiger partial charge on any atom is 0.0937 e. The van der Waals surface area contributed by atoms with Gasteiger partial charge in [0.2, 0.25) is 0 Å². The lowest BCUT2D eigenvalue weighted by atomic mass is 9.99. The minimum Gasteiger partial charge on any atom is -0.387 e. The minimum absolute atomic E-state index is 0.158. The molecule has 3 N–H and O–H groups in total. The number of rotatable bonds is 4. The Labute approximate surface area is 76.4 Å². The van der Waals surface area contributed by atoms with Crippen molar-refractivity contribution in [3.05, 3.63) is 17.1 Å². The van der Waals surface area contributed by atoms with E-state index in [2.05, 4.69) is 4.37 Å². The number of nitrogens with zero attached hydrogens (tertiary/aromatic N) is 1. The second kappa shape index (κ2) is 4.54. The highest BCUT2D eigenvalue weighted by atomic mass is 32.1. The molecule has 0 amide bonds. The number of hydrogen-bond acceptors (Lipinski definition) is 4. The van der Waals surface area contributed by atoms with Gasteiger partial charge in [-0.2, -0.15) is 0 Å². The van der Waals surface area contributed by atoms with Gasteiger partial charge in [0, 0.05) is 12.1 Å². The Morgan fingerprint density at radius 3 is 2.92 bits per heavy atom. The average molecular weight is 186 g/mol. The molecule has 0 bridgehead atoms. The topological polar surface area (TPSA) is 59.1 Å². The molecule has 0 fully saturated rings. The Kier molecular flexibility index (Phi) is 3.65. The Morgan fingerprint density at radius 2 is 2.50 bits per heavy atom. The van der Waals surface area contributed by atoms with E-state index in [0.29, 0.717) is 6.54 Å². The van der Waals surface area contributed by atoms with Crippen molar-refractivity contribution in [1.29, 1.82) is 0 Å². The average Bonchev–Trinajstić information content (AvgIpc) is 2.58. The maximum absolute atomic E-state index is 9.76. The molecule has 0 aromatic carbocycles. The van der Waals surface area contributed by atoms with E-state index < -0.39 is 6.10 Å². The van der Waals surface area contributed by atoms with Crippen LogP contribution < -0.4 is 5.73 Å². The summed E-state index contributed by atoms with van der Waals surface area (Å²) in [5.41, 5.74) is 5.51. The molecule has 0 saturated carbocycles. The van der Waals surface area contributed by atoms with E-state index in [1.54, 1.807) is 6.20 Å². The van der Waals surface area contributed by atoms with E-state index in [9.17, 15) is 5.11 Å². The molecule has 0 aliphatic heterocycles. The molecule has 3 nitrogen and oxygen atoms in total. The van der Waals surface area contributed by atoms with Gasteiger partial charge in [-0.05, 0) is 30.6 Å². The van der Waals surface area contributed by atoms with Crippen LogP contribution in [0.4, 0.5) is 0 Å². The number of hydrogen-bond donors (Lipinski definition) is 2. The largest absolute Gasteiger partial charge is 0.387 e. The summed E-state index contributed by atoms with van der Waals surface area (Å²) in [6.07, 6.45) is 2.16. The van der Waals surface area contributed by atoms with Crippen LogP contribution in [-0.4, -0.2) is 16.0 Å². The van der Waals surface area contributed by atoms with Crippen molar-refractivity contribution in [2.75, 3.05) is 6.54 Å². The quantitative estimate of drug-likeness (QED) is 0.742. The van der Waals surface area contributed by atoms with E-state index in [4.69, 9.17) is 5.73 Å². The summed E-state index contributed by atoms with van der Waals surface area (Å²) in [5, 5.41) is 9.76. The molecule has 0 spiro atoms. The zero-order valence-electron chi connectivity index (χ0n) is 7.10. The third-order valence-electron chi connectivity index (χ3n) is 2.02. The molecular weight excluding hydrogens is 172 g/mol. The first-order chi connectivity index (χ1) is 5.79. The summed E-state index contributed by atoms with van der Waals surface area (Å²) in [5.74, 6) is 0.158. The maximum atomic E-state index is 9.76. The molecule has 0 aliphatic rings. The lowest BCUT2D eigenvalue weighted by molar-refractivity contribution is 0.113. The van der Waals surface area contributed by atoms with E-state index in [0.717, 1.165) is 11.3 Å². The lowest BCUT2D eigenvalue weighted by Crippen LogP contribution is -2.20. The summed E-state index contributed by atoms with van der Waals surface area (Å²) in [6.45, 7) is 2.55. The highest BCUT2D eigenvalue weighted by Crippen LogP contribution is 2.25. The summed E-state index contributed by atoms with van der Waals surface area (Å²) in [6, 6.07) is 1.84. The van der Waals surface area contributed by atoms with Crippen LogP contribution in [0.25, 0.3) is 0 Å². The number of nitrogens with two attached hydrogens (primary N) is 1. The molecule has 12 heavy (non-hydrogen) atoms. The molecular formula is C8H14N2OS. The fraction of sp³-hybridized carbons (Fsp3) is 0.625. The van der Waals surface area contributed by atoms with Gasteiger partial charge in [0.05, 0.1) is 11.0 Å². The van der Waals surface area contributed by atoms with Gasteiger partial charge >= 0.3 is 0 Å². The second-order valence-corrected chi connectivity index (χ2v) is 3.63. The monoisotopic (exact) mass is 186 g/mol. The molecule has 0 aliphatic carbocycles. The predicted molar refractivity (Wildman–Crippen MR) is 49.9 cm³/mol. The van der Waals surface area contributed by atoms with Crippen molar-refractivity contribution in [2.24, 2.45) is 11.7 Å². The van der Waals surface area contributed by atoms with Crippen molar-refractivity contribution in [2.45, 2.75) is 19.4 Å². The van der Waals surface area contributed by atoms with Gasteiger partial charge < -0.3 is 10.8 Å². The Balaban J connectivity index is 2.63. The molecule has 68 valence electrons. The number of aliphatic hydroxyl groups is 1. The summed E-state index contributed by atoms with van der Waals surface area (Å²) >= 11 is 1.33. The van der Waals surface area contributed by atoms with Gasteiger partial charge in [-0.15, -0.1) is 0 Å². The lowest BCUT2D eigenvalue weighted by Gasteiger charge is -2.17. The van der Waals surface area contributed by atoms with Crippen LogP contribution in [0.1, 0.15) is 24.3 Å².